The van der Waals surface area contributed by atoms with E-state index in [2.05, 4.69) is 11.6 Å². The number of likely N-dealkylation sites (tertiary alicyclic amines) is 1. The summed E-state index contributed by atoms with van der Waals surface area (Å²) >= 11 is 0. The number of nitrogens with one attached hydrogen (secondary N) is 1. The normalized spacial score (nSPS) is 19.7. The minimum atomic E-state index is -3.78. The summed E-state index contributed by atoms with van der Waals surface area (Å²) in [6, 6.07) is 5.90. The monoisotopic (exact) mass is 296 g/mol. The van der Waals surface area contributed by atoms with Crippen molar-refractivity contribution in [3.05, 3.63) is 29.8 Å². The maximum Gasteiger partial charge on any atom is 0.331 e. The number of hydrogen-bond acceptors (Lipinski definition) is 3. The zero-order valence-electron chi connectivity index (χ0n) is 11.8. The molecule has 1 aromatic carbocycles. The molecule has 1 N–H and O–H groups in total. The van der Waals surface area contributed by atoms with Crippen molar-refractivity contribution in [3.8, 4) is 0 Å². The smallest absolute Gasteiger partial charge is 0.324 e. The van der Waals surface area contributed by atoms with Crippen LogP contribution >= 0.6 is 0 Å². The molecule has 0 spiro atoms. The first-order valence-corrected chi connectivity index (χ1v) is 8.25. The third-order valence-electron chi connectivity index (χ3n) is 3.50. The maximum atomic E-state index is 12.1. The Bertz CT molecular complexity index is 581. The van der Waals surface area contributed by atoms with Crippen LogP contribution in [0.1, 0.15) is 25.3 Å². The summed E-state index contributed by atoms with van der Waals surface area (Å²) in [5, 5.41) is 0. The topological polar surface area (TPSA) is 66.5 Å². The number of sulfonamides is 1. The van der Waals surface area contributed by atoms with Gasteiger partial charge in [-0.3, -0.25) is 0 Å². The van der Waals surface area contributed by atoms with Crippen LogP contribution in [0, 0.1) is 12.8 Å². The molecule has 1 saturated heterocycles. The van der Waals surface area contributed by atoms with E-state index in [1.54, 1.807) is 17.0 Å². The maximum absolute atomic E-state index is 12.1. The number of carbonyl (C=O) groups excluding carboxylic acids is 1. The molecule has 0 radical (unpaired) electrons. The molecular formula is C14H20N2O3S. The molecular weight excluding hydrogens is 276 g/mol. The van der Waals surface area contributed by atoms with Crippen molar-refractivity contribution in [2.45, 2.75) is 31.6 Å². The summed E-state index contributed by atoms with van der Waals surface area (Å²) < 4.78 is 26.4. The van der Waals surface area contributed by atoms with Gasteiger partial charge in [-0.15, -0.1) is 0 Å². The summed E-state index contributed by atoms with van der Waals surface area (Å²) in [4.78, 5) is 13.7. The molecule has 1 unspecified atom stereocenters. The first-order valence-electron chi connectivity index (χ1n) is 6.77. The molecule has 1 aromatic rings. The molecule has 1 aliphatic rings. The largest absolute Gasteiger partial charge is 0.331 e. The van der Waals surface area contributed by atoms with E-state index in [0.29, 0.717) is 19.0 Å². The lowest BCUT2D eigenvalue weighted by Gasteiger charge is -2.30. The third-order valence-corrected chi connectivity index (χ3v) is 4.83. The second kappa shape index (κ2) is 5.83. The predicted molar refractivity (Wildman–Crippen MR) is 76.9 cm³/mol. The van der Waals surface area contributed by atoms with Crippen molar-refractivity contribution in [1.29, 1.82) is 0 Å². The number of piperidine rings is 1. The number of aryl methyl sites for hydroxylation is 1. The molecule has 0 aromatic heterocycles. The van der Waals surface area contributed by atoms with Crippen molar-refractivity contribution in [3.63, 3.8) is 0 Å². The molecule has 1 aliphatic heterocycles. The molecule has 1 atom stereocenters. The SMILES string of the molecule is Cc1ccc(S(=O)(=O)NC(=O)N2CCCC(C)C2)cc1. The second-order valence-electron chi connectivity index (χ2n) is 5.42. The fourth-order valence-electron chi connectivity index (χ4n) is 2.33. The molecule has 0 bridgehead atoms. The summed E-state index contributed by atoms with van der Waals surface area (Å²) in [6.07, 6.45) is 1.99. The molecule has 6 heteroatoms. The summed E-state index contributed by atoms with van der Waals surface area (Å²) in [5.41, 5.74) is 0.972. The number of hydrogen-bond donors (Lipinski definition) is 1. The van der Waals surface area contributed by atoms with E-state index in [-0.39, 0.29) is 4.90 Å². The zero-order valence-corrected chi connectivity index (χ0v) is 12.6. The van der Waals surface area contributed by atoms with Gasteiger partial charge < -0.3 is 4.90 Å². The molecule has 110 valence electrons. The number of carbonyl (C=O) groups is 1. The molecule has 0 aliphatic carbocycles. The first kappa shape index (κ1) is 14.8. The van der Waals surface area contributed by atoms with Gasteiger partial charge in [0.15, 0.2) is 0 Å². The minimum absolute atomic E-state index is 0.113. The number of benzene rings is 1. The van der Waals surface area contributed by atoms with Gasteiger partial charge in [-0.2, -0.15) is 0 Å². The highest BCUT2D eigenvalue weighted by Gasteiger charge is 2.25. The van der Waals surface area contributed by atoms with Gasteiger partial charge in [0.25, 0.3) is 10.0 Å². The molecule has 0 saturated carbocycles. The molecule has 5 nitrogen and oxygen atoms in total. The van der Waals surface area contributed by atoms with Gasteiger partial charge in [-0.05, 0) is 37.8 Å². The molecule has 1 heterocycles. The van der Waals surface area contributed by atoms with E-state index < -0.39 is 16.1 Å². The quantitative estimate of drug-likeness (QED) is 0.909. The lowest BCUT2D eigenvalue weighted by molar-refractivity contribution is 0.175. The van der Waals surface area contributed by atoms with Gasteiger partial charge in [0.1, 0.15) is 0 Å². The van der Waals surface area contributed by atoms with Crippen molar-refractivity contribution >= 4 is 16.1 Å². The number of rotatable bonds is 2. The van der Waals surface area contributed by atoms with Gasteiger partial charge in [0.2, 0.25) is 0 Å². The van der Waals surface area contributed by atoms with Crippen LogP contribution in [0.2, 0.25) is 0 Å². The zero-order chi connectivity index (χ0) is 14.8. The van der Waals surface area contributed by atoms with Gasteiger partial charge in [0.05, 0.1) is 4.90 Å². The van der Waals surface area contributed by atoms with E-state index in [1.165, 1.54) is 12.1 Å². The van der Waals surface area contributed by atoms with E-state index in [9.17, 15) is 13.2 Å². The van der Waals surface area contributed by atoms with E-state index in [4.69, 9.17) is 0 Å². The summed E-state index contributed by atoms with van der Waals surface area (Å²) in [6.45, 7) is 5.16. The van der Waals surface area contributed by atoms with Crippen LogP contribution < -0.4 is 4.72 Å². The van der Waals surface area contributed by atoms with Crippen LogP contribution in [0.3, 0.4) is 0 Å². The molecule has 20 heavy (non-hydrogen) atoms. The third kappa shape index (κ3) is 3.50. The Labute approximate surface area is 120 Å². The molecule has 2 amide bonds. The van der Waals surface area contributed by atoms with Gasteiger partial charge in [0, 0.05) is 13.1 Å². The van der Waals surface area contributed by atoms with E-state index in [0.717, 1.165) is 18.4 Å². The molecule has 2 rings (SSSR count). The standard InChI is InChI=1S/C14H20N2O3S/c1-11-5-7-13(8-6-11)20(18,19)15-14(17)16-9-3-4-12(2)10-16/h5-8,12H,3-4,9-10H2,1-2H3,(H,15,17). The Morgan fingerprint density at radius 3 is 2.55 bits per heavy atom. The number of nitrogens with zero attached hydrogens (tertiary/aromatic N) is 1. The van der Waals surface area contributed by atoms with Crippen molar-refractivity contribution < 1.29 is 13.2 Å². The second-order valence-corrected chi connectivity index (χ2v) is 7.10. The number of urea groups is 1. The average molecular weight is 296 g/mol. The Hall–Kier alpha value is -1.56. The highest BCUT2D eigenvalue weighted by molar-refractivity contribution is 7.90. The van der Waals surface area contributed by atoms with Gasteiger partial charge >= 0.3 is 6.03 Å². The van der Waals surface area contributed by atoms with Gasteiger partial charge in [-0.1, -0.05) is 24.6 Å². The highest BCUT2D eigenvalue weighted by atomic mass is 32.2. The Balaban J connectivity index is 2.08. The van der Waals surface area contributed by atoms with Gasteiger partial charge in [-0.25, -0.2) is 17.9 Å². The van der Waals surface area contributed by atoms with Crippen LogP contribution in [-0.4, -0.2) is 32.4 Å². The predicted octanol–water partition coefficient (Wildman–Crippen LogP) is 2.13. The minimum Gasteiger partial charge on any atom is -0.324 e. The fraction of sp³-hybridized carbons (Fsp3) is 0.500. The van der Waals surface area contributed by atoms with Crippen LogP contribution in [0.4, 0.5) is 4.79 Å². The van der Waals surface area contributed by atoms with Crippen LogP contribution in [0.5, 0.6) is 0 Å². The van der Waals surface area contributed by atoms with Crippen LogP contribution in [0.15, 0.2) is 29.2 Å². The number of amides is 2. The van der Waals surface area contributed by atoms with Crippen molar-refractivity contribution in [2.24, 2.45) is 5.92 Å². The lowest BCUT2D eigenvalue weighted by Crippen LogP contribution is -2.46. The van der Waals surface area contributed by atoms with Crippen LogP contribution in [0.25, 0.3) is 0 Å². The summed E-state index contributed by atoms with van der Waals surface area (Å²) in [5.74, 6) is 0.413. The fourth-order valence-corrected chi connectivity index (χ4v) is 3.30. The summed E-state index contributed by atoms with van der Waals surface area (Å²) in [7, 11) is -3.78. The Kier molecular flexibility index (Phi) is 4.32. The average Bonchev–Trinajstić information content (AvgIpc) is 2.38. The molecule has 1 fully saturated rings. The lowest BCUT2D eigenvalue weighted by atomic mass is 10.0. The Morgan fingerprint density at radius 1 is 1.30 bits per heavy atom. The van der Waals surface area contributed by atoms with E-state index >= 15 is 0 Å². The highest BCUT2D eigenvalue weighted by Crippen LogP contribution is 2.16. The van der Waals surface area contributed by atoms with Crippen LogP contribution in [-0.2, 0) is 10.0 Å². The van der Waals surface area contributed by atoms with Crippen molar-refractivity contribution in [2.75, 3.05) is 13.1 Å². The van der Waals surface area contributed by atoms with Crippen molar-refractivity contribution in [1.82, 2.24) is 9.62 Å². The van der Waals surface area contributed by atoms with E-state index in [1.807, 2.05) is 6.92 Å². The Morgan fingerprint density at radius 2 is 1.95 bits per heavy atom. The first-order chi connectivity index (χ1) is 9.38.